The molecule has 4 aromatic rings. The minimum Gasteiger partial charge on any atom is -0.416 e. The molecule has 5 nitrogen and oxygen atoms in total. The molecule has 0 aliphatic heterocycles. The predicted molar refractivity (Wildman–Crippen MR) is 112 cm³/mol. The van der Waals surface area contributed by atoms with E-state index in [1.165, 1.54) is 12.1 Å². The maximum atomic E-state index is 13.2. The lowest BCUT2D eigenvalue weighted by molar-refractivity contribution is 0.0954. The number of amides is 1. The van der Waals surface area contributed by atoms with E-state index in [9.17, 15) is 9.18 Å². The summed E-state index contributed by atoms with van der Waals surface area (Å²) >= 11 is 0. The molecule has 4 rings (SSSR count). The summed E-state index contributed by atoms with van der Waals surface area (Å²) in [5, 5.41) is 11.1. The van der Waals surface area contributed by atoms with Crippen LogP contribution in [0.15, 0.2) is 77.2 Å². The molecule has 0 fully saturated rings. The van der Waals surface area contributed by atoms with E-state index in [1.807, 2.05) is 37.3 Å². The second-order valence-electron chi connectivity index (χ2n) is 7.00. The molecular weight excluding hydrogens is 381 g/mol. The first-order valence-corrected chi connectivity index (χ1v) is 9.62. The van der Waals surface area contributed by atoms with Crippen LogP contribution in [0.25, 0.3) is 22.9 Å². The van der Waals surface area contributed by atoms with Gasteiger partial charge in [0.05, 0.1) is 0 Å². The minimum absolute atomic E-state index is 0.191. The van der Waals surface area contributed by atoms with E-state index < -0.39 is 0 Å². The molecule has 0 spiro atoms. The van der Waals surface area contributed by atoms with Gasteiger partial charge in [-0.2, -0.15) is 0 Å². The summed E-state index contributed by atoms with van der Waals surface area (Å²) in [4.78, 5) is 12.3. The van der Waals surface area contributed by atoms with Gasteiger partial charge in [-0.1, -0.05) is 29.8 Å². The van der Waals surface area contributed by atoms with Crippen LogP contribution in [0.1, 0.15) is 21.5 Å². The van der Waals surface area contributed by atoms with Crippen LogP contribution in [0, 0.1) is 12.7 Å². The van der Waals surface area contributed by atoms with Crippen molar-refractivity contribution in [2.45, 2.75) is 13.3 Å². The monoisotopic (exact) mass is 401 g/mol. The quantitative estimate of drug-likeness (QED) is 0.503. The van der Waals surface area contributed by atoms with Gasteiger partial charge in [0.25, 0.3) is 5.91 Å². The lowest BCUT2D eigenvalue weighted by Crippen LogP contribution is -2.25. The molecule has 0 saturated heterocycles. The zero-order valence-corrected chi connectivity index (χ0v) is 16.4. The normalized spacial score (nSPS) is 10.7. The Morgan fingerprint density at radius 3 is 2.40 bits per heavy atom. The van der Waals surface area contributed by atoms with Crippen LogP contribution in [-0.2, 0) is 6.42 Å². The van der Waals surface area contributed by atoms with E-state index in [0.29, 0.717) is 30.3 Å². The molecule has 1 aromatic heterocycles. The van der Waals surface area contributed by atoms with E-state index in [0.717, 1.165) is 22.3 Å². The predicted octanol–water partition coefficient (Wildman–Crippen LogP) is 4.82. The first kappa shape index (κ1) is 19.5. The van der Waals surface area contributed by atoms with E-state index in [2.05, 4.69) is 15.5 Å². The molecule has 0 bridgehead atoms. The maximum absolute atomic E-state index is 13.2. The first-order chi connectivity index (χ1) is 14.6. The number of halogens is 1. The van der Waals surface area contributed by atoms with Gasteiger partial charge < -0.3 is 9.73 Å². The second-order valence-corrected chi connectivity index (χ2v) is 7.00. The van der Waals surface area contributed by atoms with Crippen LogP contribution in [0.2, 0.25) is 0 Å². The summed E-state index contributed by atoms with van der Waals surface area (Å²) in [6, 6.07) is 21.2. The zero-order valence-electron chi connectivity index (χ0n) is 16.4. The highest BCUT2D eigenvalue weighted by Crippen LogP contribution is 2.24. The first-order valence-electron chi connectivity index (χ1n) is 9.62. The zero-order chi connectivity index (χ0) is 20.9. The van der Waals surface area contributed by atoms with Gasteiger partial charge in [0.15, 0.2) is 0 Å². The molecule has 30 heavy (non-hydrogen) atoms. The van der Waals surface area contributed by atoms with Crippen molar-refractivity contribution in [2.24, 2.45) is 0 Å². The number of carbonyl (C=O) groups excluding carboxylic acids is 1. The van der Waals surface area contributed by atoms with Crippen LogP contribution in [0.5, 0.6) is 0 Å². The molecule has 150 valence electrons. The van der Waals surface area contributed by atoms with Crippen LogP contribution in [0.3, 0.4) is 0 Å². The number of hydrogen-bond acceptors (Lipinski definition) is 4. The molecule has 0 atom stereocenters. The minimum atomic E-state index is -0.277. The number of rotatable bonds is 6. The van der Waals surface area contributed by atoms with Crippen LogP contribution in [0.4, 0.5) is 4.39 Å². The number of aromatic nitrogens is 2. The van der Waals surface area contributed by atoms with Crippen molar-refractivity contribution < 1.29 is 13.6 Å². The number of carbonyl (C=O) groups is 1. The van der Waals surface area contributed by atoms with E-state index in [-0.39, 0.29) is 11.7 Å². The lowest BCUT2D eigenvalue weighted by Gasteiger charge is -2.06. The van der Waals surface area contributed by atoms with Gasteiger partial charge in [0, 0.05) is 23.2 Å². The highest BCUT2D eigenvalue weighted by molar-refractivity contribution is 5.94. The second kappa shape index (κ2) is 8.69. The highest BCUT2D eigenvalue weighted by Gasteiger charge is 2.12. The Bertz CT molecular complexity index is 1170. The van der Waals surface area contributed by atoms with Crippen molar-refractivity contribution >= 4 is 5.91 Å². The Kier molecular flexibility index (Phi) is 5.66. The van der Waals surface area contributed by atoms with Gasteiger partial charge >= 0.3 is 0 Å². The maximum Gasteiger partial charge on any atom is 0.251 e. The average Bonchev–Trinajstić information content (AvgIpc) is 3.24. The third-order valence-corrected chi connectivity index (χ3v) is 4.67. The Balaban J connectivity index is 1.38. The van der Waals surface area contributed by atoms with Crippen molar-refractivity contribution in [1.29, 1.82) is 0 Å². The third kappa shape index (κ3) is 4.60. The Labute approximate surface area is 173 Å². The summed E-state index contributed by atoms with van der Waals surface area (Å²) < 4.78 is 19.0. The SMILES string of the molecule is Cc1cccc(-c2nnc(-c3ccc(C(=O)NCCc4cccc(F)c4)cc3)o2)c1. The Morgan fingerprint density at radius 2 is 1.67 bits per heavy atom. The van der Waals surface area contributed by atoms with Crippen molar-refractivity contribution in [2.75, 3.05) is 6.54 Å². The number of nitrogens with zero attached hydrogens (tertiary/aromatic N) is 2. The van der Waals surface area contributed by atoms with Gasteiger partial charge in [-0.15, -0.1) is 10.2 Å². The third-order valence-electron chi connectivity index (χ3n) is 4.67. The van der Waals surface area contributed by atoms with Crippen molar-refractivity contribution in [3.8, 4) is 22.9 Å². The molecular formula is C24H20FN3O2. The lowest BCUT2D eigenvalue weighted by atomic mass is 10.1. The smallest absolute Gasteiger partial charge is 0.251 e. The molecule has 0 aliphatic carbocycles. The fourth-order valence-corrected chi connectivity index (χ4v) is 3.11. The van der Waals surface area contributed by atoms with Gasteiger partial charge in [-0.3, -0.25) is 4.79 Å². The standard InChI is InChI=1S/C24H20FN3O2/c1-16-4-2-6-20(14-16)24-28-27-23(30-24)19-10-8-18(9-11-19)22(29)26-13-12-17-5-3-7-21(25)15-17/h2-11,14-15H,12-13H2,1H3,(H,26,29). The molecule has 1 N–H and O–H groups in total. The highest BCUT2D eigenvalue weighted by atomic mass is 19.1. The molecule has 0 aliphatic rings. The van der Waals surface area contributed by atoms with Crippen LogP contribution in [-0.4, -0.2) is 22.6 Å². The molecule has 3 aromatic carbocycles. The molecule has 0 unspecified atom stereocenters. The number of benzene rings is 3. The van der Waals surface area contributed by atoms with Gasteiger partial charge in [0.2, 0.25) is 11.8 Å². The molecule has 0 radical (unpaired) electrons. The van der Waals surface area contributed by atoms with Crippen molar-refractivity contribution in [3.63, 3.8) is 0 Å². The average molecular weight is 401 g/mol. The summed E-state index contributed by atoms with van der Waals surface area (Å²) in [6.07, 6.45) is 0.561. The molecule has 1 heterocycles. The number of nitrogens with one attached hydrogen (secondary N) is 1. The molecule has 0 saturated carbocycles. The van der Waals surface area contributed by atoms with Crippen molar-refractivity contribution in [3.05, 3.63) is 95.3 Å². The van der Waals surface area contributed by atoms with Gasteiger partial charge in [0.1, 0.15) is 5.82 Å². The Hall–Kier alpha value is -3.80. The van der Waals surface area contributed by atoms with Crippen LogP contribution >= 0.6 is 0 Å². The Morgan fingerprint density at radius 1 is 0.933 bits per heavy atom. The van der Waals surface area contributed by atoms with Crippen LogP contribution < -0.4 is 5.32 Å². The topological polar surface area (TPSA) is 68.0 Å². The summed E-state index contributed by atoms with van der Waals surface area (Å²) in [7, 11) is 0. The van der Waals surface area contributed by atoms with E-state index in [4.69, 9.17) is 4.42 Å². The summed E-state index contributed by atoms with van der Waals surface area (Å²) in [5.41, 5.74) is 4.07. The molecule has 1 amide bonds. The van der Waals surface area contributed by atoms with E-state index >= 15 is 0 Å². The summed E-state index contributed by atoms with van der Waals surface area (Å²) in [5.74, 6) is 0.377. The number of hydrogen-bond donors (Lipinski definition) is 1. The van der Waals surface area contributed by atoms with Crippen molar-refractivity contribution in [1.82, 2.24) is 15.5 Å². The number of aryl methyl sites for hydroxylation is 1. The van der Waals surface area contributed by atoms with Gasteiger partial charge in [-0.25, -0.2) is 4.39 Å². The fraction of sp³-hybridized carbons (Fsp3) is 0.125. The van der Waals surface area contributed by atoms with Gasteiger partial charge in [-0.05, 0) is 67.4 Å². The fourth-order valence-electron chi connectivity index (χ4n) is 3.11. The summed E-state index contributed by atoms with van der Waals surface area (Å²) in [6.45, 7) is 2.43. The largest absolute Gasteiger partial charge is 0.416 e. The molecule has 6 heteroatoms. The van der Waals surface area contributed by atoms with E-state index in [1.54, 1.807) is 30.3 Å².